The molecule has 0 aromatic heterocycles. The second-order valence-electron chi connectivity index (χ2n) is 8.00. The summed E-state index contributed by atoms with van der Waals surface area (Å²) in [6.45, 7) is 8.92. The predicted octanol–water partition coefficient (Wildman–Crippen LogP) is 4.89. The van der Waals surface area contributed by atoms with Gasteiger partial charge in [-0.1, -0.05) is 19.9 Å². The van der Waals surface area contributed by atoms with Crippen LogP contribution in [-0.2, 0) is 0 Å². The summed E-state index contributed by atoms with van der Waals surface area (Å²) in [6, 6.07) is 13.2. The fourth-order valence-corrected chi connectivity index (χ4v) is 3.59. The molecule has 0 atom stereocenters. The Labute approximate surface area is 192 Å². The number of nitrogens with zero attached hydrogens (tertiary/aromatic N) is 1. The van der Waals surface area contributed by atoms with Crippen molar-refractivity contribution in [3.63, 3.8) is 0 Å². The minimum atomic E-state index is -0.138. The highest BCUT2D eigenvalue weighted by Gasteiger charge is 2.17. The smallest absolute Gasteiger partial charge is 0.253 e. The van der Waals surface area contributed by atoms with E-state index in [9.17, 15) is 9.59 Å². The quantitative estimate of drug-likeness (QED) is 0.436. The van der Waals surface area contributed by atoms with Crippen molar-refractivity contribution in [2.45, 2.75) is 46.5 Å². The maximum Gasteiger partial charge on any atom is 0.253 e. The van der Waals surface area contributed by atoms with Crippen LogP contribution >= 0.6 is 0 Å². The molecule has 0 aliphatic heterocycles. The summed E-state index contributed by atoms with van der Waals surface area (Å²) in [7, 11) is 1.65. The van der Waals surface area contributed by atoms with E-state index in [2.05, 4.69) is 24.5 Å². The van der Waals surface area contributed by atoms with Crippen molar-refractivity contribution in [3.8, 4) is 5.75 Å². The summed E-state index contributed by atoms with van der Waals surface area (Å²) in [4.78, 5) is 27.4. The SMILES string of the molecule is CCCN(CCC)C(=O)c1cc(C)cc(C(=O)NCCCCNc2cccc(OC)c2)c1. The number of anilines is 1. The first-order chi connectivity index (χ1) is 15.5. The Balaban J connectivity index is 1.84. The number of carbonyl (C=O) groups excluding carboxylic acids is 2. The van der Waals surface area contributed by atoms with E-state index in [-0.39, 0.29) is 11.8 Å². The zero-order valence-electron chi connectivity index (χ0n) is 19.9. The van der Waals surface area contributed by atoms with Gasteiger partial charge in [-0.15, -0.1) is 0 Å². The minimum Gasteiger partial charge on any atom is -0.497 e. The third kappa shape index (κ3) is 7.91. The van der Waals surface area contributed by atoms with Gasteiger partial charge in [-0.25, -0.2) is 0 Å². The molecule has 0 saturated carbocycles. The molecule has 2 rings (SSSR count). The number of rotatable bonds is 13. The second kappa shape index (κ2) is 13.4. The molecule has 2 amide bonds. The Hall–Kier alpha value is -3.02. The molecule has 174 valence electrons. The summed E-state index contributed by atoms with van der Waals surface area (Å²) in [6.07, 6.45) is 3.62. The zero-order valence-corrected chi connectivity index (χ0v) is 19.9. The van der Waals surface area contributed by atoms with E-state index in [1.54, 1.807) is 13.2 Å². The van der Waals surface area contributed by atoms with Gasteiger partial charge in [0.05, 0.1) is 7.11 Å². The minimum absolute atomic E-state index is 0.00457. The van der Waals surface area contributed by atoms with Crippen molar-refractivity contribution in [2.24, 2.45) is 0 Å². The van der Waals surface area contributed by atoms with E-state index in [1.165, 1.54) is 0 Å². The summed E-state index contributed by atoms with van der Waals surface area (Å²) in [5, 5.41) is 6.34. The van der Waals surface area contributed by atoms with Gasteiger partial charge >= 0.3 is 0 Å². The third-order valence-electron chi connectivity index (χ3n) is 5.15. The van der Waals surface area contributed by atoms with Gasteiger partial charge in [-0.2, -0.15) is 0 Å². The average molecular weight is 440 g/mol. The monoisotopic (exact) mass is 439 g/mol. The van der Waals surface area contributed by atoms with E-state index in [1.807, 2.05) is 48.2 Å². The molecule has 2 aromatic carbocycles. The summed E-state index contributed by atoms with van der Waals surface area (Å²) in [5.74, 6) is 0.682. The molecule has 6 nitrogen and oxygen atoms in total. The largest absolute Gasteiger partial charge is 0.497 e. The van der Waals surface area contributed by atoms with E-state index in [0.717, 1.165) is 62.3 Å². The van der Waals surface area contributed by atoms with Crippen molar-refractivity contribution >= 4 is 17.5 Å². The third-order valence-corrected chi connectivity index (χ3v) is 5.15. The molecule has 0 unspecified atom stereocenters. The van der Waals surface area contributed by atoms with E-state index in [0.29, 0.717) is 17.7 Å². The molecule has 0 spiro atoms. The molecular weight excluding hydrogens is 402 g/mol. The lowest BCUT2D eigenvalue weighted by atomic mass is 10.0. The maximum absolute atomic E-state index is 12.9. The number of amides is 2. The van der Waals surface area contributed by atoms with E-state index < -0.39 is 0 Å². The molecule has 0 saturated heterocycles. The molecule has 0 aliphatic rings. The van der Waals surface area contributed by atoms with E-state index >= 15 is 0 Å². The second-order valence-corrected chi connectivity index (χ2v) is 8.00. The van der Waals surface area contributed by atoms with Crippen LogP contribution in [0.1, 0.15) is 65.8 Å². The number of hydrogen-bond acceptors (Lipinski definition) is 4. The van der Waals surface area contributed by atoms with Crippen molar-refractivity contribution < 1.29 is 14.3 Å². The van der Waals surface area contributed by atoms with Gasteiger partial charge in [0.1, 0.15) is 5.75 Å². The van der Waals surface area contributed by atoms with Crippen LogP contribution in [0.5, 0.6) is 5.75 Å². The van der Waals surface area contributed by atoms with Gasteiger partial charge in [-0.3, -0.25) is 9.59 Å². The van der Waals surface area contributed by atoms with Gasteiger partial charge < -0.3 is 20.3 Å². The Morgan fingerprint density at radius 3 is 2.31 bits per heavy atom. The van der Waals surface area contributed by atoms with E-state index in [4.69, 9.17) is 4.74 Å². The molecule has 32 heavy (non-hydrogen) atoms. The highest BCUT2D eigenvalue weighted by atomic mass is 16.5. The van der Waals surface area contributed by atoms with Crippen molar-refractivity contribution in [1.29, 1.82) is 0 Å². The number of nitrogens with one attached hydrogen (secondary N) is 2. The van der Waals surface area contributed by atoms with Crippen LogP contribution in [0, 0.1) is 6.92 Å². The predicted molar refractivity (Wildman–Crippen MR) is 131 cm³/mol. The van der Waals surface area contributed by atoms with Crippen molar-refractivity contribution in [1.82, 2.24) is 10.2 Å². The van der Waals surface area contributed by atoms with Crippen LogP contribution in [0.4, 0.5) is 5.69 Å². The van der Waals surface area contributed by atoms with Gasteiger partial charge in [0.2, 0.25) is 0 Å². The highest BCUT2D eigenvalue weighted by molar-refractivity contribution is 6.00. The van der Waals surface area contributed by atoms with Gasteiger partial charge in [0, 0.05) is 49.1 Å². The molecule has 2 aromatic rings. The molecule has 0 radical (unpaired) electrons. The number of hydrogen-bond donors (Lipinski definition) is 2. The fraction of sp³-hybridized carbons (Fsp3) is 0.462. The van der Waals surface area contributed by atoms with Crippen molar-refractivity contribution in [3.05, 3.63) is 59.2 Å². The first-order valence-corrected chi connectivity index (χ1v) is 11.6. The van der Waals surface area contributed by atoms with Crippen LogP contribution < -0.4 is 15.4 Å². The first-order valence-electron chi connectivity index (χ1n) is 11.6. The van der Waals surface area contributed by atoms with Crippen LogP contribution in [0.25, 0.3) is 0 Å². The van der Waals surface area contributed by atoms with Crippen LogP contribution in [0.3, 0.4) is 0 Å². The molecule has 0 fully saturated rings. The normalized spacial score (nSPS) is 10.5. The topological polar surface area (TPSA) is 70.7 Å². The number of unbranched alkanes of at least 4 members (excludes halogenated alkanes) is 1. The molecule has 6 heteroatoms. The number of benzene rings is 2. The Bertz CT molecular complexity index is 876. The van der Waals surface area contributed by atoms with Crippen LogP contribution in [0.2, 0.25) is 0 Å². The zero-order chi connectivity index (χ0) is 23.3. The Morgan fingerprint density at radius 1 is 0.938 bits per heavy atom. The number of ether oxygens (including phenoxy) is 1. The molecular formula is C26H37N3O3. The Morgan fingerprint density at radius 2 is 1.62 bits per heavy atom. The average Bonchev–Trinajstić information content (AvgIpc) is 2.80. The number of aryl methyl sites for hydroxylation is 1. The summed E-state index contributed by atoms with van der Waals surface area (Å²) in [5.41, 5.74) is 3.05. The number of carbonyl (C=O) groups is 2. The van der Waals surface area contributed by atoms with Gasteiger partial charge in [-0.05, 0) is 68.5 Å². The van der Waals surface area contributed by atoms with Crippen LogP contribution in [0.15, 0.2) is 42.5 Å². The lowest BCUT2D eigenvalue weighted by Crippen LogP contribution is -2.33. The fourth-order valence-electron chi connectivity index (χ4n) is 3.59. The molecule has 0 aliphatic carbocycles. The molecule has 0 bridgehead atoms. The summed E-state index contributed by atoms with van der Waals surface area (Å²) < 4.78 is 5.23. The summed E-state index contributed by atoms with van der Waals surface area (Å²) >= 11 is 0. The van der Waals surface area contributed by atoms with Gasteiger partial charge in [0.15, 0.2) is 0 Å². The number of methoxy groups -OCH3 is 1. The van der Waals surface area contributed by atoms with Gasteiger partial charge in [0.25, 0.3) is 11.8 Å². The molecule has 0 heterocycles. The lowest BCUT2D eigenvalue weighted by molar-refractivity contribution is 0.0755. The van der Waals surface area contributed by atoms with Crippen LogP contribution in [-0.4, -0.2) is 50.0 Å². The highest BCUT2D eigenvalue weighted by Crippen LogP contribution is 2.17. The Kier molecular flexibility index (Phi) is 10.6. The molecule has 2 N–H and O–H groups in total. The standard InChI is InChI=1S/C26H37N3O3/c1-5-14-29(15-6-2)26(31)22-17-20(3)16-21(18-22)25(30)28-13-8-7-12-27-23-10-9-11-24(19-23)32-4/h9-11,16-19,27H,5-8,12-15H2,1-4H3,(H,28,30). The first kappa shape index (κ1) is 25.2. The maximum atomic E-state index is 12.9. The lowest BCUT2D eigenvalue weighted by Gasteiger charge is -2.22. The van der Waals surface area contributed by atoms with Crippen molar-refractivity contribution in [2.75, 3.05) is 38.6 Å².